The summed E-state index contributed by atoms with van der Waals surface area (Å²) in [5, 5.41) is 0. The molecule has 13 heavy (non-hydrogen) atoms. The van der Waals surface area contributed by atoms with Gasteiger partial charge in [-0.15, -0.1) is 0 Å². The van der Waals surface area contributed by atoms with Gasteiger partial charge < -0.3 is 0 Å². The molecule has 6 heteroatoms. The normalized spacial score (nSPS) is 11.4. The van der Waals surface area contributed by atoms with Gasteiger partial charge in [-0.1, -0.05) is 0 Å². The number of rotatable bonds is 1. The van der Waals surface area contributed by atoms with E-state index in [0.29, 0.717) is 0 Å². The largest absolute Gasteiger partial charge is 0.419 e. The first-order valence-electron chi connectivity index (χ1n) is 3.13. The summed E-state index contributed by atoms with van der Waals surface area (Å²) in [5.74, 6) is 0. The molecule has 0 bridgehead atoms. The van der Waals surface area contributed by atoms with Crippen LogP contribution in [0.15, 0.2) is 16.9 Å². The number of hydrogen-bond donors (Lipinski definition) is 0. The van der Waals surface area contributed by atoms with E-state index in [9.17, 15) is 18.0 Å². The second kappa shape index (κ2) is 3.45. The fourth-order valence-corrected chi connectivity index (χ4v) is 1.40. The highest BCUT2D eigenvalue weighted by molar-refractivity contribution is 9.10. The lowest BCUT2D eigenvalue weighted by Gasteiger charge is -2.09. The van der Waals surface area contributed by atoms with Crippen molar-refractivity contribution in [3.05, 3.63) is 28.0 Å². The average Bonchev–Trinajstić information content (AvgIpc) is 2.01. The minimum absolute atomic E-state index is 0.148. The fraction of sp³-hybridized carbons (Fsp3) is 0.143. The van der Waals surface area contributed by atoms with Crippen LogP contribution in [0, 0.1) is 0 Å². The molecule has 0 saturated heterocycles. The van der Waals surface area contributed by atoms with Crippen LogP contribution in [0.1, 0.15) is 15.9 Å². The number of alkyl halides is 3. The quantitative estimate of drug-likeness (QED) is 0.569. The zero-order valence-corrected chi connectivity index (χ0v) is 7.69. The maximum Gasteiger partial charge on any atom is 0.419 e. The van der Waals surface area contributed by atoms with E-state index in [0.717, 1.165) is 12.3 Å². The lowest BCUT2D eigenvalue weighted by atomic mass is 10.1. The molecule has 0 aliphatic carbocycles. The molecule has 1 heterocycles. The molecule has 1 aromatic heterocycles. The van der Waals surface area contributed by atoms with Crippen molar-refractivity contribution in [1.82, 2.24) is 4.98 Å². The van der Waals surface area contributed by atoms with Crippen LogP contribution in [0.3, 0.4) is 0 Å². The van der Waals surface area contributed by atoms with E-state index in [1.165, 1.54) is 0 Å². The van der Waals surface area contributed by atoms with Crippen LogP contribution >= 0.6 is 15.9 Å². The van der Waals surface area contributed by atoms with Gasteiger partial charge in [0.2, 0.25) is 0 Å². The standard InChI is InChI=1S/C7H3BrF3NO/c8-6-5(7(9,10)11)4(3-13)1-2-12-6/h1-3H. The molecule has 0 atom stereocenters. The predicted molar refractivity (Wildman–Crippen MR) is 42.3 cm³/mol. The topological polar surface area (TPSA) is 30.0 Å². The summed E-state index contributed by atoms with van der Waals surface area (Å²) in [5.41, 5.74) is -1.46. The van der Waals surface area contributed by atoms with Crippen LogP contribution in [0.2, 0.25) is 0 Å². The molecule has 1 aromatic rings. The molecule has 2 nitrogen and oxygen atoms in total. The minimum Gasteiger partial charge on any atom is -0.298 e. The zero-order valence-electron chi connectivity index (χ0n) is 6.10. The Morgan fingerprint density at radius 1 is 1.46 bits per heavy atom. The summed E-state index contributed by atoms with van der Waals surface area (Å²) in [7, 11) is 0. The smallest absolute Gasteiger partial charge is 0.298 e. The number of aldehydes is 1. The third kappa shape index (κ3) is 2.06. The Bertz CT molecular complexity index is 337. The van der Waals surface area contributed by atoms with Gasteiger partial charge in [0.15, 0.2) is 6.29 Å². The summed E-state index contributed by atoms with van der Waals surface area (Å²) in [6, 6.07) is 1.01. The SMILES string of the molecule is O=Cc1ccnc(Br)c1C(F)(F)F. The van der Waals surface area contributed by atoms with Gasteiger partial charge in [0.1, 0.15) is 4.60 Å². The lowest BCUT2D eigenvalue weighted by Crippen LogP contribution is -2.10. The Morgan fingerprint density at radius 2 is 2.08 bits per heavy atom. The second-order valence-corrected chi connectivity index (χ2v) is 2.93. The van der Waals surface area contributed by atoms with Crippen molar-refractivity contribution in [2.45, 2.75) is 6.18 Å². The highest BCUT2D eigenvalue weighted by Gasteiger charge is 2.36. The Labute approximate surface area is 79.9 Å². The van der Waals surface area contributed by atoms with Gasteiger partial charge >= 0.3 is 6.18 Å². The molecule has 0 aliphatic rings. The summed E-state index contributed by atoms with van der Waals surface area (Å²) < 4.78 is 36.4. The number of carbonyl (C=O) groups excluding carboxylic acids is 1. The Morgan fingerprint density at radius 3 is 2.46 bits per heavy atom. The highest BCUT2D eigenvalue weighted by atomic mass is 79.9. The summed E-state index contributed by atoms with van der Waals surface area (Å²) in [6.45, 7) is 0. The van der Waals surface area contributed by atoms with Crippen LogP contribution < -0.4 is 0 Å². The van der Waals surface area contributed by atoms with E-state index in [2.05, 4.69) is 20.9 Å². The molecule has 0 aliphatic heterocycles. The van der Waals surface area contributed by atoms with Crippen LogP contribution in [-0.2, 0) is 6.18 Å². The maximum absolute atomic E-state index is 12.3. The third-order valence-corrected chi connectivity index (χ3v) is 1.95. The molecule has 0 unspecified atom stereocenters. The zero-order chi connectivity index (χ0) is 10.1. The van der Waals surface area contributed by atoms with Gasteiger partial charge in [-0.05, 0) is 22.0 Å². The number of halogens is 4. The lowest BCUT2D eigenvalue weighted by molar-refractivity contribution is -0.138. The molecule has 0 aromatic carbocycles. The van der Waals surface area contributed by atoms with Crippen molar-refractivity contribution < 1.29 is 18.0 Å². The number of aromatic nitrogens is 1. The summed E-state index contributed by atoms with van der Waals surface area (Å²) in [4.78, 5) is 13.7. The van der Waals surface area contributed by atoms with Gasteiger partial charge in [-0.2, -0.15) is 13.2 Å². The van der Waals surface area contributed by atoms with Gasteiger partial charge in [-0.25, -0.2) is 4.98 Å². The van der Waals surface area contributed by atoms with Gasteiger partial charge in [0.25, 0.3) is 0 Å². The van der Waals surface area contributed by atoms with E-state index in [-0.39, 0.29) is 10.9 Å². The van der Waals surface area contributed by atoms with E-state index < -0.39 is 17.3 Å². The summed E-state index contributed by atoms with van der Waals surface area (Å²) >= 11 is 2.63. The van der Waals surface area contributed by atoms with E-state index in [4.69, 9.17) is 0 Å². The molecular weight excluding hydrogens is 251 g/mol. The molecule has 70 valence electrons. The van der Waals surface area contributed by atoms with Crippen LogP contribution in [0.25, 0.3) is 0 Å². The van der Waals surface area contributed by atoms with Crippen molar-refractivity contribution in [3.8, 4) is 0 Å². The Hall–Kier alpha value is -0.910. The predicted octanol–water partition coefficient (Wildman–Crippen LogP) is 2.68. The van der Waals surface area contributed by atoms with E-state index in [1.54, 1.807) is 0 Å². The monoisotopic (exact) mass is 253 g/mol. The second-order valence-electron chi connectivity index (χ2n) is 2.18. The molecule has 0 fully saturated rings. The first kappa shape index (κ1) is 10.2. The number of pyridine rings is 1. The molecule has 0 radical (unpaired) electrons. The fourth-order valence-electron chi connectivity index (χ4n) is 0.829. The number of carbonyl (C=O) groups is 1. The van der Waals surface area contributed by atoms with Crippen molar-refractivity contribution >= 4 is 22.2 Å². The van der Waals surface area contributed by atoms with Crippen LogP contribution in [0.5, 0.6) is 0 Å². The molecule has 1 rings (SSSR count). The van der Waals surface area contributed by atoms with E-state index in [1.807, 2.05) is 0 Å². The van der Waals surface area contributed by atoms with Gasteiger partial charge in [0.05, 0.1) is 5.56 Å². The Balaban J connectivity index is 3.40. The third-order valence-electron chi connectivity index (χ3n) is 1.35. The highest BCUT2D eigenvalue weighted by Crippen LogP contribution is 2.35. The van der Waals surface area contributed by atoms with Gasteiger partial charge in [0, 0.05) is 11.8 Å². The number of nitrogens with zero attached hydrogens (tertiary/aromatic N) is 1. The minimum atomic E-state index is -4.57. The average molecular weight is 254 g/mol. The molecule has 0 spiro atoms. The van der Waals surface area contributed by atoms with Crippen LogP contribution in [0.4, 0.5) is 13.2 Å². The van der Waals surface area contributed by atoms with Crippen molar-refractivity contribution in [2.24, 2.45) is 0 Å². The molecular formula is C7H3BrF3NO. The molecule has 0 N–H and O–H groups in total. The molecule has 0 amide bonds. The number of hydrogen-bond acceptors (Lipinski definition) is 2. The Kier molecular flexibility index (Phi) is 2.70. The van der Waals surface area contributed by atoms with Crippen LogP contribution in [-0.4, -0.2) is 11.3 Å². The van der Waals surface area contributed by atoms with Gasteiger partial charge in [-0.3, -0.25) is 4.79 Å². The van der Waals surface area contributed by atoms with Crippen molar-refractivity contribution in [2.75, 3.05) is 0 Å². The van der Waals surface area contributed by atoms with Crippen molar-refractivity contribution in [1.29, 1.82) is 0 Å². The first-order chi connectivity index (χ1) is 5.96. The summed E-state index contributed by atoms with van der Waals surface area (Å²) in [6.07, 6.45) is -3.29. The van der Waals surface area contributed by atoms with E-state index >= 15 is 0 Å². The maximum atomic E-state index is 12.3. The first-order valence-corrected chi connectivity index (χ1v) is 3.93. The van der Waals surface area contributed by atoms with Crippen molar-refractivity contribution in [3.63, 3.8) is 0 Å². The molecule has 0 saturated carbocycles.